The number of nitro groups is 1. The van der Waals surface area contributed by atoms with E-state index in [1.807, 2.05) is 19.1 Å². The summed E-state index contributed by atoms with van der Waals surface area (Å²) in [5, 5.41) is 16.7. The Kier molecular flexibility index (Phi) is 6.19. The highest BCUT2D eigenvalue weighted by Crippen LogP contribution is 2.28. The van der Waals surface area contributed by atoms with Gasteiger partial charge in [-0.05, 0) is 32.0 Å². The molecule has 0 saturated carbocycles. The lowest BCUT2D eigenvalue weighted by atomic mass is 10.2. The summed E-state index contributed by atoms with van der Waals surface area (Å²) < 4.78 is 5.51. The number of nitrogens with zero attached hydrogens (tertiary/aromatic N) is 1. The number of nitrogens with one attached hydrogen (secondary N) is 2. The number of ether oxygens (including phenoxy) is 1. The number of non-ortho nitro benzene ring substituents is 1. The molecule has 2 N–H and O–H groups in total. The zero-order valence-corrected chi connectivity index (χ0v) is 14.5. The number of benzene rings is 2. The maximum atomic E-state index is 12.4. The van der Waals surface area contributed by atoms with Crippen molar-refractivity contribution in [3.8, 4) is 5.75 Å². The van der Waals surface area contributed by atoms with E-state index in [1.54, 1.807) is 19.1 Å². The van der Waals surface area contributed by atoms with Crippen LogP contribution in [0.15, 0.2) is 42.5 Å². The number of nitro benzene ring substituents is 1. The van der Waals surface area contributed by atoms with Crippen LogP contribution in [-0.4, -0.2) is 23.5 Å². The van der Waals surface area contributed by atoms with Crippen molar-refractivity contribution in [2.75, 3.05) is 17.2 Å². The van der Waals surface area contributed by atoms with E-state index in [4.69, 9.17) is 16.3 Å². The summed E-state index contributed by atoms with van der Waals surface area (Å²) in [6.07, 6.45) is 0. The fourth-order valence-corrected chi connectivity index (χ4v) is 2.29. The van der Waals surface area contributed by atoms with Crippen molar-refractivity contribution < 1.29 is 14.5 Å². The van der Waals surface area contributed by atoms with Crippen molar-refractivity contribution in [3.05, 3.63) is 57.6 Å². The predicted molar refractivity (Wildman–Crippen MR) is 97.4 cm³/mol. The monoisotopic (exact) mass is 363 g/mol. The molecule has 25 heavy (non-hydrogen) atoms. The molecule has 1 atom stereocenters. The van der Waals surface area contributed by atoms with Crippen LogP contribution in [0.4, 0.5) is 17.1 Å². The van der Waals surface area contributed by atoms with Gasteiger partial charge in [-0.2, -0.15) is 0 Å². The van der Waals surface area contributed by atoms with Gasteiger partial charge in [0.25, 0.3) is 5.69 Å². The molecular formula is C17H18ClN3O4. The molecule has 0 heterocycles. The summed E-state index contributed by atoms with van der Waals surface area (Å²) in [7, 11) is 0. The van der Waals surface area contributed by atoms with E-state index in [9.17, 15) is 14.9 Å². The van der Waals surface area contributed by atoms with Crippen molar-refractivity contribution >= 4 is 34.6 Å². The minimum Gasteiger partial charge on any atom is -0.492 e. The van der Waals surface area contributed by atoms with Crippen LogP contribution in [0.25, 0.3) is 0 Å². The third-order valence-electron chi connectivity index (χ3n) is 3.37. The van der Waals surface area contributed by atoms with Gasteiger partial charge in [0.1, 0.15) is 11.8 Å². The molecule has 0 aliphatic rings. The molecule has 0 radical (unpaired) electrons. The van der Waals surface area contributed by atoms with Gasteiger partial charge >= 0.3 is 0 Å². The van der Waals surface area contributed by atoms with Crippen LogP contribution in [-0.2, 0) is 4.79 Å². The lowest BCUT2D eigenvalue weighted by Gasteiger charge is -2.18. The number of rotatable bonds is 7. The molecule has 8 heteroatoms. The molecule has 2 aromatic carbocycles. The van der Waals surface area contributed by atoms with E-state index >= 15 is 0 Å². The normalized spacial score (nSPS) is 11.5. The topological polar surface area (TPSA) is 93.5 Å². The molecule has 1 amide bonds. The summed E-state index contributed by atoms with van der Waals surface area (Å²) >= 11 is 6.00. The summed E-state index contributed by atoms with van der Waals surface area (Å²) in [5.41, 5.74) is 0.715. The second-order valence-corrected chi connectivity index (χ2v) is 5.61. The fraction of sp³-hybridized carbons (Fsp3) is 0.235. The van der Waals surface area contributed by atoms with Crippen molar-refractivity contribution in [3.63, 3.8) is 0 Å². The van der Waals surface area contributed by atoms with Crippen LogP contribution in [0.1, 0.15) is 13.8 Å². The number of anilines is 2. The summed E-state index contributed by atoms with van der Waals surface area (Å²) in [6, 6.07) is 10.5. The van der Waals surface area contributed by atoms with Crippen LogP contribution in [0, 0.1) is 10.1 Å². The molecule has 0 spiro atoms. The Hall–Kier alpha value is -2.80. The first-order valence-corrected chi connectivity index (χ1v) is 8.03. The van der Waals surface area contributed by atoms with Gasteiger partial charge in [-0.15, -0.1) is 0 Å². The Morgan fingerprint density at radius 3 is 2.68 bits per heavy atom. The Balaban J connectivity index is 2.11. The van der Waals surface area contributed by atoms with Gasteiger partial charge in [-0.3, -0.25) is 14.9 Å². The molecule has 1 unspecified atom stereocenters. The van der Waals surface area contributed by atoms with Crippen molar-refractivity contribution in [2.45, 2.75) is 19.9 Å². The fourth-order valence-electron chi connectivity index (χ4n) is 2.13. The minimum atomic E-state index is -0.614. The number of hydrogen-bond acceptors (Lipinski definition) is 5. The van der Waals surface area contributed by atoms with Gasteiger partial charge in [0.2, 0.25) is 5.91 Å². The lowest BCUT2D eigenvalue weighted by molar-refractivity contribution is -0.384. The lowest BCUT2D eigenvalue weighted by Crippen LogP contribution is -2.32. The number of carbonyl (C=O) groups excluding carboxylic acids is 1. The summed E-state index contributed by atoms with van der Waals surface area (Å²) in [5.74, 6) is 0.256. The van der Waals surface area contributed by atoms with Crippen molar-refractivity contribution in [2.24, 2.45) is 0 Å². The largest absolute Gasteiger partial charge is 0.492 e. The Labute approximate surface area is 150 Å². The molecule has 0 fully saturated rings. The first-order valence-electron chi connectivity index (χ1n) is 7.65. The molecule has 2 aromatic rings. The molecule has 7 nitrogen and oxygen atoms in total. The van der Waals surface area contributed by atoms with Gasteiger partial charge in [-0.25, -0.2) is 0 Å². The van der Waals surface area contributed by atoms with Gasteiger partial charge in [0.15, 0.2) is 0 Å². The van der Waals surface area contributed by atoms with Gasteiger partial charge < -0.3 is 15.4 Å². The number of carbonyl (C=O) groups is 1. The molecule has 0 saturated heterocycles. The van der Waals surface area contributed by atoms with E-state index < -0.39 is 11.0 Å². The maximum Gasteiger partial charge on any atom is 0.271 e. The molecule has 0 aliphatic heterocycles. The molecular weight excluding hydrogens is 346 g/mol. The maximum absolute atomic E-state index is 12.4. The van der Waals surface area contributed by atoms with Gasteiger partial charge in [0.05, 0.1) is 27.9 Å². The van der Waals surface area contributed by atoms with E-state index in [2.05, 4.69) is 10.6 Å². The number of amides is 1. The average molecular weight is 364 g/mol. The van der Waals surface area contributed by atoms with Crippen molar-refractivity contribution in [1.29, 1.82) is 0 Å². The Morgan fingerprint density at radius 2 is 2.00 bits per heavy atom. The quantitative estimate of drug-likeness (QED) is 0.571. The smallest absolute Gasteiger partial charge is 0.271 e. The van der Waals surface area contributed by atoms with E-state index in [1.165, 1.54) is 18.2 Å². The number of halogens is 1. The molecule has 0 aliphatic carbocycles. The molecule has 132 valence electrons. The second-order valence-electron chi connectivity index (χ2n) is 5.21. The SMILES string of the molecule is CCOc1ccccc1NC(C)C(=O)Nc1cc([N+](=O)[O-])ccc1Cl. The van der Waals surface area contributed by atoms with Gasteiger partial charge in [0, 0.05) is 12.1 Å². The van der Waals surface area contributed by atoms with E-state index in [-0.39, 0.29) is 22.3 Å². The Bertz CT molecular complexity index is 782. The first-order chi connectivity index (χ1) is 11.9. The molecule has 2 rings (SSSR count). The molecule has 0 aromatic heterocycles. The van der Waals surface area contributed by atoms with E-state index in [0.29, 0.717) is 18.0 Å². The highest BCUT2D eigenvalue weighted by Gasteiger charge is 2.17. The average Bonchev–Trinajstić information content (AvgIpc) is 2.58. The third kappa shape index (κ3) is 4.84. The Morgan fingerprint density at radius 1 is 1.28 bits per heavy atom. The first kappa shape index (κ1) is 18.5. The highest BCUT2D eigenvalue weighted by molar-refractivity contribution is 6.33. The van der Waals surface area contributed by atoms with Crippen molar-refractivity contribution in [1.82, 2.24) is 0 Å². The predicted octanol–water partition coefficient (Wildman–Crippen LogP) is 4.09. The van der Waals surface area contributed by atoms with Crippen LogP contribution >= 0.6 is 11.6 Å². The zero-order valence-electron chi connectivity index (χ0n) is 13.8. The standard InChI is InChI=1S/C17H18ClN3O4/c1-3-25-16-7-5-4-6-14(16)19-11(2)17(22)20-15-10-12(21(23)24)8-9-13(15)18/h4-11,19H,3H2,1-2H3,(H,20,22). The van der Waals surface area contributed by atoms with E-state index in [0.717, 1.165) is 0 Å². The molecule has 0 bridgehead atoms. The van der Waals surface area contributed by atoms with Gasteiger partial charge in [-0.1, -0.05) is 23.7 Å². The van der Waals surface area contributed by atoms with Crippen LogP contribution in [0.5, 0.6) is 5.75 Å². The zero-order chi connectivity index (χ0) is 18.4. The number of hydrogen-bond donors (Lipinski definition) is 2. The van der Waals surface area contributed by atoms with Crippen LogP contribution in [0.2, 0.25) is 5.02 Å². The van der Waals surface area contributed by atoms with Crippen LogP contribution < -0.4 is 15.4 Å². The third-order valence-corrected chi connectivity index (χ3v) is 3.70. The summed E-state index contributed by atoms with van der Waals surface area (Å²) in [6.45, 7) is 4.04. The minimum absolute atomic E-state index is 0.151. The summed E-state index contributed by atoms with van der Waals surface area (Å²) in [4.78, 5) is 22.7. The second kappa shape index (κ2) is 8.34. The highest BCUT2D eigenvalue weighted by atomic mass is 35.5. The number of para-hydroxylation sites is 2. The van der Waals surface area contributed by atoms with Crippen LogP contribution in [0.3, 0.4) is 0 Å².